The van der Waals surface area contributed by atoms with Crippen LogP contribution in [0.5, 0.6) is 5.75 Å². The van der Waals surface area contributed by atoms with Gasteiger partial charge in [0.2, 0.25) is 0 Å². The van der Waals surface area contributed by atoms with Crippen molar-refractivity contribution >= 4 is 17.8 Å². The molecule has 0 saturated heterocycles. The maximum absolute atomic E-state index is 12.8. The van der Waals surface area contributed by atoms with Crippen LogP contribution in [-0.2, 0) is 9.59 Å². The summed E-state index contributed by atoms with van der Waals surface area (Å²) < 4.78 is 18.1. The minimum atomic E-state index is -0.933. The van der Waals surface area contributed by atoms with Crippen LogP contribution >= 0.6 is 0 Å². The van der Waals surface area contributed by atoms with Crippen molar-refractivity contribution < 1.29 is 23.5 Å². The third kappa shape index (κ3) is 6.11. The van der Waals surface area contributed by atoms with Gasteiger partial charge in [-0.3, -0.25) is 20.4 Å². The maximum atomic E-state index is 12.8. The van der Waals surface area contributed by atoms with Gasteiger partial charge >= 0.3 is 6.03 Å². The lowest BCUT2D eigenvalue weighted by Gasteiger charge is -2.21. The molecule has 2 atom stereocenters. The summed E-state index contributed by atoms with van der Waals surface area (Å²) in [5.41, 5.74) is 9.39. The van der Waals surface area contributed by atoms with Crippen LogP contribution in [0.2, 0.25) is 0 Å². The zero-order valence-electron chi connectivity index (χ0n) is 13.6. The van der Waals surface area contributed by atoms with Gasteiger partial charge < -0.3 is 15.8 Å². The molecule has 8 nitrogen and oxygen atoms in total. The lowest BCUT2D eigenvalue weighted by Crippen LogP contribution is -2.56. The monoisotopic (exact) mass is 340 g/mol. The van der Waals surface area contributed by atoms with Gasteiger partial charge in [-0.1, -0.05) is 13.8 Å². The first kappa shape index (κ1) is 19.2. The molecule has 4 amide bonds. The van der Waals surface area contributed by atoms with Gasteiger partial charge in [-0.25, -0.2) is 9.18 Å². The van der Waals surface area contributed by atoms with Crippen molar-refractivity contribution in [1.29, 1.82) is 0 Å². The number of ether oxygens (including phenoxy) is 1. The van der Waals surface area contributed by atoms with Gasteiger partial charge in [0, 0.05) is 0 Å². The van der Waals surface area contributed by atoms with Gasteiger partial charge in [-0.15, -0.1) is 0 Å². The molecular formula is C15H21FN4O4. The number of primary amides is 1. The Morgan fingerprint density at radius 2 is 1.58 bits per heavy atom. The van der Waals surface area contributed by atoms with Crippen LogP contribution in [0.4, 0.5) is 9.18 Å². The maximum Gasteiger partial charge on any atom is 0.312 e. The summed E-state index contributed by atoms with van der Waals surface area (Å²) in [6.45, 7) is 4.89. The first-order valence-corrected chi connectivity index (χ1v) is 7.28. The molecule has 0 aliphatic heterocycles. The predicted octanol–water partition coefficient (Wildman–Crippen LogP) is 0.433. The predicted molar refractivity (Wildman–Crippen MR) is 84.1 cm³/mol. The van der Waals surface area contributed by atoms with Crippen LogP contribution in [0, 0.1) is 11.7 Å². The highest BCUT2D eigenvalue weighted by atomic mass is 19.1. The molecule has 24 heavy (non-hydrogen) atoms. The summed E-state index contributed by atoms with van der Waals surface area (Å²) in [5, 5.41) is 2.29. The fourth-order valence-corrected chi connectivity index (χ4v) is 1.76. The van der Waals surface area contributed by atoms with Crippen molar-refractivity contribution in [1.82, 2.24) is 16.2 Å². The van der Waals surface area contributed by atoms with Crippen LogP contribution in [0.15, 0.2) is 24.3 Å². The topological polar surface area (TPSA) is 123 Å². The Hall–Kier alpha value is -2.84. The number of carbonyl (C=O) groups excluding carboxylic acids is 3. The summed E-state index contributed by atoms with van der Waals surface area (Å²) in [6, 6.07) is 3.42. The van der Waals surface area contributed by atoms with Crippen LogP contribution < -0.4 is 26.6 Å². The van der Waals surface area contributed by atoms with E-state index in [1.165, 1.54) is 31.2 Å². The number of urea groups is 1. The Labute approximate surface area is 138 Å². The average Bonchev–Trinajstić information content (AvgIpc) is 2.51. The van der Waals surface area contributed by atoms with Crippen LogP contribution in [-0.4, -0.2) is 30.0 Å². The molecule has 0 spiro atoms. The molecule has 0 aliphatic rings. The summed E-state index contributed by atoms with van der Waals surface area (Å²) in [7, 11) is 0. The van der Waals surface area contributed by atoms with E-state index in [2.05, 4.69) is 16.2 Å². The molecule has 0 saturated carbocycles. The number of benzene rings is 1. The number of amides is 4. The largest absolute Gasteiger partial charge is 0.481 e. The minimum absolute atomic E-state index is 0.234. The first-order chi connectivity index (χ1) is 11.2. The van der Waals surface area contributed by atoms with E-state index in [1.807, 2.05) is 0 Å². The second-order valence-corrected chi connectivity index (χ2v) is 5.42. The van der Waals surface area contributed by atoms with Crippen LogP contribution in [0.3, 0.4) is 0 Å². The molecule has 0 aliphatic carbocycles. The fourth-order valence-electron chi connectivity index (χ4n) is 1.76. The zero-order valence-corrected chi connectivity index (χ0v) is 13.6. The number of nitrogens with two attached hydrogens (primary N) is 1. The number of hydrazine groups is 1. The Balaban J connectivity index is 2.52. The van der Waals surface area contributed by atoms with Crippen molar-refractivity contribution in [3.63, 3.8) is 0 Å². The van der Waals surface area contributed by atoms with Crippen LogP contribution in [0.25, 0.3) is 0 Å². The number of hydrogen-bond acceptors (Lipinski definition) is 4. The number of carbonyl (C=O) groups is 3. The summed E-state index contributed by atoms with van der Waals surface area (Å²) in [4.78, 5) is 34.8. The van der Waals surface area contributed by atoms with E-state index < -0.39 is 35.8 Å². The Kier molecular flexibility index (Phi) is 6.97. The van der Waals surface area contributed by atoms with E-state index in [4.69, 9.17) is 10.5 Å². The van der Waals surface area contributed by atoms with Crippen molar-refractivity contribution in [3.05, 3.63) is 30.1 Å². The fraction of sp³-hybridized carbons (Fsp3) is 0.400. The van der Waals surface area contributed by atoms with E-state index in [0.29, 0.717) is 5.75 Å². The van der Waals surface area contributed by atoms with Gasteiger partial charge in [-0.05, 0) is 37.1 Å². The zero-order chi connectivity index (χ0) is 18.3. The summed E-state index contributed by atoms with van der Waals surface area (Å²) in [6.07, 6.45) is -0.933. The summed E-state index contributed by atoms with van der Waals surface area (Å²) >= 11 is 0. The molecule has 1 aromatic carbocycles. The highest BCUT2D eigenvalue weighted by molar-refractivity contribution is 5.89. The van der Waals surface area contributed by atoms with Crippen molar-refractivity contribution in [2.75, 3.05) is 0 Å². The molecule has 0 aromatic heterocycles. The normalized spacial score (nSPS) is 12.9. The number of nitrogens with one attached hydrogen (secondary N) is 3. The molecule has 1 aromatic rings. The first-order valence-electron chi connectivity index (χ1n) is 7.28. The second-order valence-electron chi connectivity index (χ2n) is 5.42. The average molecular weight is 340 g/mol. The molecule has 0 fully saturated rings. The van der Waals surface area contributed by atoms with Gasteiger partial charge in [0.05, 0.1) is 0 Å². The molecule has 0 heterocycles. The number of halogens is 1. The quantitative estimate of drug-likeness (QED) is 0.561. The van der Waals surface area contributed by atoms with Gasteiger partial charge in [0.25, 0.3) is 11.8 Å². The molecule has 2 unspecified atom stereocenters. The smallest absolute Gasteiger partial charge is 0.312 e. The van der Waals surface area contributed by atoms with Crippen molar-refractivity contribution in [2.24, 2.45) is 11.7 Å². The summed E-state index contributed by atoms with van der Waals surface area (Å²) in [5.74, 6) is -1.59. The highest BCUT2D eigenvalue weighted by Gasteiger charge is 2.24. The van der Waals surface area contributed by atoms with Crippen molar-refractivity contribution in [2.45, 2.75) is 32.9 Å². The molecular weight excluding hydrogens is 319 g/mol. The lowest BCUT2D eigenvalue weighted by atomic mass is 10.0. The number of hydrogen-bond donors (Lipinski definition) is 4. The van der Waals surface area contributed by atoms with E-state index in [9.17, 15) is 18.8 Å². The van der Waals surface area contributed by atoms with E-state index in [0.717, 1.165) is 0 Å². The van der Waals surface area contributed by atoms with Crippen molar-refractivity contribution in [3.8, 4) is 5.75 Å². The van der Waals surface area contributed by atoms with Gasteiger partial charge in [0.1, 0.15) is 17.6 Å². The third-order valence-corrected chi connectivity index (χ3v) is 3.05. The minimum Gasteiger partial charge on any atom is -0.481 e. The Morgan fingerprint density at radius 3 is 2.08 bits per heavy atom. The lowest BCUT2D eigenvalue weighted by molar-refractivity contribution is -0.133. The van der Waals surface area contributed by atoms with E-state index in [1.54, 1.807) is 13.8 Å². The molecule has 9 heteroatoms. The molecule has 0 bridgehead atoms. The van der Waals surface area contributed by atoms with Gasteiger partial charge in [-0.2, -0.15) is 0 Å². The molecule has 5 N–H and O–H groups in total. The Bertz CT molecular complexity index is 592. The van der Waals surface area contributed by atoms with E-state index >= 15 is 0 Å². The molecule has 1 rings (SSSR count). The molecule has 132 valence electrons. The second kappa shape index (κ2) is 8.70. The van der Waals surface area contributed by atoms with E-state index in [-0.39, 0.29) is 5.92 Å². The number of rotatable bonds is 6. The third-order valence-electron chi connectivity index (χ3n) is 3.05. The highest BCUT2D eigenvalue weighted by Crippen LogP contribution is 2.12. The molecule has 0 radical (unpaired) electrons. The Morgan fingerprint density at radius 1 is 1.04 bits per heavy atom. The van der Waals surface area contributed by atoms with Crippen LogP contribution in [0.1, 0.15) is 20.8 Å². The van der Waals surface area contributed by atoms with Gasteiger partial charge in [0.15, 0.2) is 6.10 Å². The SMILES string of the molecule is CC(Oc1ccc(F)cc1)C(=O)NNC(=O)C(NC(N)=O)C(C)C. The standard InChI is InChI=1S/C15H21FN4O4/c1-8(2)12(18-15(17)23)14(22)20-19-13(21)9(3)24-11-6-4-10(16)5-7-11/h4-9,12H,1-3H3,(H,19,21)(H,20,22)(H3,17,18,23).